The molecule has 3 aromatic rings. The third-order valence-corrected chi connectivity index (χ3v) is 10.6. The summed E-state index contributed by atoms with van der Waals surface area (Å²) in [7, 11) is -3.94. The fraction of sp³-hybridized carbons (Fsp3) is 0.583. The Morgan fingerprint density at radius 2 is 2.00 bits per heavy atom. The van der Waals surface area contributed by atoms with Crippen molar-refractivity contribution in [3.8, 4) is 10.8 Å². The number of nitrogens with one attached hydrogen (secondary N) is 1. The zero-order valence-electron chi connectivity index (χ0n) is 21.5. The van der Waals surface area contributed by atoms with Crippen molar-refractivity contribution in [1.82, 2.24) is 29.2 Å². The topological polar surface area (TPSA) is 131 Å². The lowest BCUT2D eigenvalue weighted by molar-refractivity contribution is -0.225. The van der Waals surface area contributed by atoms with Crippen molar-refractivity contribution in [2.45, 2.75) is 54.8 Å². The molecular weight excluding hydrogens is 568 g/mol. The fourth-order valence-corrected chi connectivity index (χ4v) is 7.54. The Morgan fingerprint density at radius 1 is 1.23 bits per heavy atom. The monoisotopic (exact) mass is 595 g/mol. The number of rotatable bonds is 7. The molecule has 3 aliphatic heterocycles. The van der Waals surface area contributed by atoms with Gasteiger partial charge in [-0.1, -0.05) is 11.3 Å². The maximum Gasteiger partial charge on any atom is 0.291 e. The number of halogens is 2. The second-order valence-electron chi connectivity index (χ2n) is 11.1. The molecule has 4 fully saturated rings. The van der Waals surface area contributed by atoms with Gasteiger partial charge in [0.25, 0.3) is 12.3 Å². The molecule has 0 unspecified atom stereocenters. The molecule has 214 valence electrons. The van der Waals surface area contributed by atoms with Crippen LogP contribution in [0.1, 0.15) is 37.6 Å². The van der Waals surface area contributed by atoms with Crippen molar-refractivity contribution < 1.29 is 31.5 Å². The number of ether oxygens (including phenoxy) is 2. The first-order valence-electron chi connectivity index (χ1n) is 13.0. The van der Waals surface area contributed by atoms with Crippen molar-refractivity contribution in [3.05, 3.63) is 23.5 Å². The Labute approximate surface area is 232 Å². The predicted molar refractivity (Wildman–Crippen MR) is 139 cm³/mol. The van der Waals surface area contributed by atoms with Gasteiger partial charge in [0.2, 0.25) is 10.0 Å². The standard InChI is InChI=1S/C24H27F2N7O5S2/c1-23(2-3-23)30-40(35,36)14-8-15(16-9-27-19(33(16)10-14)21-29-28-20(39-21)18(25)26)31-5-7-37-17(11-31)22(34)32-12-24(13-32)4-6-38-24/h8-10,17-18,30H,2-7,11-13H2,1H3/t17-/m0/s1. The molecule has 1 atom stereocenters. The Balaban J connectivity index is 1.25. The summed E-state index contributed by atoms with van der Waals surface area (Å²) in [5.74, 6) is 0.0686. The van der Waals surface area contributed by atoms with Gasteiger partial charge in [-0.3, -0.25) is 9.20 Å². The van der Waals surface area contributed by atoms with Crippen molar-refractivity contribution >= 4 is 38.5 Å². The largest absolute Gasteiger partial charge is 0.371 e. The number of morpholine rings is 1. The second-order valence-corrected chi connectivity index (χ2v) is 13.8. The lowest BCUT2D eigenvalue weighted by Gasteiger charge is -2.55. The summed E-state index contributed by atoms with van der Waals surface area (Å²) < 4.78 is 69.1. The third-order valence-electron chi connectivity index (χ3n) is 8.02. The van der Waals surface area contributed by atoms with E-state index in [2.05, 4.69) is 19.9 Å². The van der Waals surface area contributed by atoms with E-state index in [4.69, 9.17) is 9.47 Å². The minimum Gasteiger partial charge on any atom is -0.371 e. The molecule has 6 heterocycles. The molecular formula is C24H27F2N7O5S2. The van der Waals surface area contributed by atoms with Crippen LogP contribution in [-0.4, -0.2) is 95.4 Å². The second kappa shape index (κ2) is 9.11. The molecule has 0 radical (unpaired) electrons. The number of fused-ring (bicyclic) bond motifs is 1. The molecule has 12 nitrogen and oxygen atoms in total. The van der Waals surface area contributed by atoms with Gasteiger partial charge in [0.1, 0.15) is 10.5 Å². The first kappa shape index (κ1) is 26.1. The van der Waals surface area contributed by atoms with Crippen LogP contribution in [0.3, 0.4) is 0 Å². The molecule has 1 aliphatic carbocycles. The average molecular weight is 596 g/mol. The lowest BCUT2D eigenvalue weighted by Crippen LogP contribution is -2.71. The van der Waals surface area contributed by atoms with Crippen molar-refractivity contribution in [2.24, 2.45) is 0 Å². The number of nitrogens with zero attached hydrogens (tertiary/aromatic N) is 6. The number of carbonyl (C=O) groups is 1. The third kappa shape index (κ3) is 4.45. The minimum absolute atomic E-state index is 0.0119. The molecule has 1 spiro atoms. The SMILES string of the molecule is CC1(NS(=O)(=O)c2cc(N3CCO[C@H](C(=O)N4CC5(CCO5)C4)C3)c3cnc(-c4nnc(C(F)F)s4)n3c2)CC1. The molecule has 4 aliphatic rings. The molecule has 0 aromatic carbocycles. The summed E-state index contributed by atoms with van der Waals surface area (Å²) in [5, 5.41) is 7.12. The van der Waals surface area contributed by atoms with E-state index in [0.29, 0.717) is 48.8 Å². The first-order valence-corrected chi connectivity index (χ1v) is 15.3. The van der Waals surface area contributed by atoms with Crippen LogP contribution in [0, 0.1) is 0 Å². The smallest absolute Gasteiger partial charge is 0.291 e. The van der Waals surface area contributed by atoms with Crippen molar-refractivity contribution in [3.63, 3.8) is 0 Å². The van der Waals surface area contributed by atoms with Crippen LogP contribution in [0.25, 0.3) is 16.3 Å². The van der Waals surface area contributed by atoms with Crippen LogP contribution < -0.4 is 9.62 Å². The normalized spacial score (nSPS) is 23.4. The van der Waals surface area contributed by atoms with Gasteiger partial charge < -0.3 is 19.3 Å². The summed E-state index contributed by atoms with van der Waals surface area (Å²) >= 11 is 0.697. The molecule has 3 aromatic heterocycles. The van der Waals surface area contributed by atoms with Gasteiger partial charge in [-0.15, -0.1) is 10.2 Å². The number of aromatic nitrogens is 4. The van der Waals surface area contributed by atoms with Crippen LogP contribution in [0.4, 0.5) is 14.5 Å². The van der Waals surface area contributed by atoms with Crippen LogP contribution in [-0.2, 0) is 24.3 Å². The number of likely N-dealkylation sites (tertiary alicyclic amines) is 1. The van der Waals surface area contributed by atoms with Gasteiger partial charge in [0.15, 0.2) is 21.9 Å². The van der Waals surface area contributed by atoms with Crippen LogP contribution >= 0.6 is 11.3 Å². The molecule has 16 heteroatoms. The summed E-state index contributed by atoms with van der Waals surface area (Å²) in [6, 6.07) is 1.56. The Bertz CT molecular complexity index is 1590. The number of amides is 1. The van der Waals surface area contributed by atoms with E-state index >= 15 is 0 Å². The molecule has 1 amide bonds. The van der Waals surface area contributed by atoms with Crippen LogP contribution in [0.5, 0.6) is 0 Å². The molecule has 1 saturated carbocycles. The highest BCUT2D eigenvalue weighted by molar-refractivity contribution is 7.89. The Kier molecular flexibility index (Phi) is 5.95. The minimum atomic E-state index is -3.94. The van der Waals surface area contributed by atoms with Crippen molar-refractivity contribution in [2.75, 3.05) is 44.3 Å². The number of anilines is 1. The van der Waals surface area contributed by atoms with E-state index < -0.39 is 33.1 Å². The Morgan fingerprint density at radius 3 is 2.65 bits per heavy atom. The number of hydrogen-bond acceptors (Lipinski definition) is 10. The molecule has 0 bridgehead atoms. The maximum atomic E-state index is 13.4. The van der Waals surface area contributed by atoms with Crippen molar-refractivity contribution in [1.29, 1.82) is 0 Å². The van der Waals surface area contributed by atoms with E-state index in [-0.39, 0.29) is 40.4 Å². The highest BCUT2D eigenvalue weighted by atomic mass is 32.2. The van der Waals surface area contributed by atoms with E-state index in [9.17, 15) is 22.0 Å². The number of pyridine rings is 1. The number of hydrogen-bond donors (Lipinski definition) is 1. The van der Waals surface area contributed by atoms with E-state index in [0.717, 1.165) is 19.3 Å². The van der Waals surface area contributed by atoms with Gasteiger partial charge >= 0.3 is 0 Å². The quantitative estimate of drug-likeness (QED) is 0.435. The number of alkyl halides is 2. The van der Waals surface area contributed by atoms with Gasteiger partial charge in [-0.2, -0.15) is 0 Å². The van der Waals surface area contributed by atoms with Gasteiger partial charge in [0, 0.05) is 24.7 Å². The fourth-order valence-electron chi connectivity index (χ4n) is 5.37. The van der Waals surface area contributed by atoms with Gasteiger partial charge in [0.05, 0.1) is 50.2 Å². The summed E-state index contributed by atoms with van der Waals surface area (Å²) in [6.07, 6.45) is 1.85. The maximum absolute atomic E-state index is 13.4. The number of sulfonamides is 1. The lowest BCUT2D eigenvalue weighted by atomic mass is 9.86. The number of imidazole rings is 1. The molecule has 7 rings (SSSR count). The van der Waals surface area contributed by atoms with E-state index in [1.165, 1.54) is 10.6 Å². The number of carbonyl (C=O) groups excluding carboxylic acids is 1. The van der Waals surface area contributed by atoms with Crippen LogP contribution in [0.15, 0.2) is 23.4 Å². The highest BCUT2D eigenvalue weighted by Gasteiger charge is 2.52. The molecule has 40 heavy (non-hydrogen) atoms. The van der Waals surface area contributed by atoms with Gasteiger partial charge in [-0.25, -0.2) is 26.9 Å². The zero-order valence-corrected chi connectivity index (χ0v) is 23.2. The molecule has 3 saturated heterocycles. The predicted octanol–water partition coefficient (Wildman–Crippen LogP) is 1.83. The zero-order chi connectivity index (χ0) is 27.9. The average Bonchev–Trinajstić information content (AvgIpc) is 3.25. The van der Waals surface area contributed by atoms with Gasteiger partial charge in [-0.05, 0) is 25.8 Å². The van der Waals surface area contributed by atoms with E-state index in [1.54, 1.807) is 17.2 Å². The first-order chi connectivity index (χ1) is 19.0. The summed E-state index contributed by atoms with van der Waals surface area (Å²) in [4.78, 5) is 21.2. The highest BCUT2D eigenvalue weighted by Crippen LogP contribution is 2.39. The summed E-state index contributed by atoms with van der Waals surface area (Å²) in [5.41, 5.74) is 0.364. The summed E-state index contributed by atoms with van der Waals surface area (Å²) in [6.45, 7) is 4.53. The van der Waals surface area contributed by atoms with E-state index in [1.807, 2.05) is 11.8 Å². The molecule has 1 N–H and O–H groups in total. The Hall–Kier alpha value is -2.79. The van der Waals surface area contributed by atoms with Crippen LogP contribution in [0.2, 0.25) is 0 Å².